The van der Waals surface area contributed by atoms with Crippen LogP contribution in [0.15, 0.2) is 34.9 Å². The van der Waals surface area contributed by atoms with Crippen molar-refractivity contribution >= 4 is 82.5 Å². The van der Waals surface area contributed by atoms with Gasteiger partial charge in [-0.05, 0) is 12.8 Å². The van der Waals surface area contributed by atoms with Crippen molar-refractivity contribution in [1.29, 1.82) is 0 Å². The summed E-state index contributed by atoms with van der Waals surface area (Å²) in [4.78, 5) is 99.3. The van der Waals surface area contributed by atoms with Crippen molar-refractivity contribution in [2.75, 3.05) is 57.3 Å². The van der Waals surface area contributed by atoms with Crippen LogP contribution in [0.5, 0.6) is 0 Å². The molecule has 3 aliphatic rings. The predicted molar refractivity (Wildman–Crippen MR) is 260 cm³/mol. The summed E-state index contributed by atoms with van der Waals surface area (Å²) in [5.41, 5.74) is 15.8. The molecular formula is C37H53N15O24P4. The number of anilines is 3. The van der Waals surface area contributed by atoms with Crippen molar-refractivity contribution in [3.63, 3.8) is 0 Å². The highest BCUT2D eigenvalue weighted by Crippen LogP contribution is 2.68. The Morgan fingerprint density at radius 1 is 0.738 bits per heavy atom. The molecule has 440 valence electrons. The Hall–Kier alpha value is -5.15. The Labute approximate surface area is 446 Å². The van der Waals surface area contributed by atoms with Gasteiger partial charge in [-0.25, -0.2) is 38.2 Å². The molecule has 14 N–H and O–H groups in total. The zero-order valence-corrected chi connectivity index (χ0v) is 45.3. The molecule has 0 saturated carbocycles. The summed E-state index contributed by atoms with van der Waals surface area (Å²) in [7, 11) is -21.1. The minimum Gasteiger partial charge on any atom is -0.756 e. The largest absolute Gasteiger partial charge is 0.756 e. The van der Waals surface area contributed by atoms with Crippen LogP contribution < -0.4 is 37.8 Å². The normalized spacial score (nSPS) is 29.3. The number of aliphatic hydroxyl groups excluding tert-OH is 3. The summed E-state index contributed by atoms with van der Waals surface area (Å²) in [5.74, 6) is -1.61. The van der Waals surface area contributed by atoms with Crippen molar-refractivity contribution in [2.24, 2.45) is 13.0 Å². The first-order valence-corrected chi connectivity index (χ1v) is 29.5. The fraction of sp³-hybridized carbons (Fsp3) is 0.595. The quantitative estimate of drug-likeness (QED) is 0.0161. The first-order valence-electron chi connectivity index (χ1n) is 23.6. The summed E-state index contributed by atoms with van der Waals surface area (Å²) < 4.78 is 116. The van der Waals surface area contributed by atoms with E-state index in [-0.39, 0.29) is 64.2 Å². The number of nitrogen functional groups attached to an aromatic ring is 3. The highest BCUT2D eigenvalue weighted by molar-refractivity contribution is 7.66. The van der Waals surface area contributed by atoms with Crippen LogP contribution in [-0.4, -0.2) is 173 Å². The lowest BCUT2D eigenvalue weighted by Gasteiger charge is -2.31. The van der Waals surface area contributed by atoms with Gasteiger partial charge >= 0.3 is 29.1 Å². The van der Waals surface area contributed by atoms with Gasteiger partial charge in [-0.2, -0.15) is 13.6 Å². The van der Waals surface area contributed by atoms with Crippen LogP contribution in [0.4, 0.5) is 17.7 Å². The van der Waals surface area contributed by atoms with E-state index in [0.29, 0.717) is 13.0 Å². The molecule has 9 rings (SSSR count). The SMILES string of the molecule is CCCOCC[C@H]1[C@@H](O)[C@H]([n+]2cn(C)c3c(=O)[nH]c(N)nc32)O[C@@H]1COP(=O)(O)OP(=O)(O)OP(=O)(O)OCC1O[C@@H](n2cnc3c(N)ncnc32)[C@H](OC)[C@@H]1OP(=O)([O-])OC[C@H]1O[C@@H](n2cnc3c(=O)[nH]c(N)nc32)[C@H](O)[C@@H]1O. The molecule has 16 atom stereocenters. The molecule has 80 heavy (non-hydrogen) atoms. The van der Waals surface area contributed by atoms with E-state index in [1.54, 1.807) is 0 Å². The molecule has 6 aromatic rings. The lowest BCUT2D eigenvalue weighted by Crippen LogP contribution is -2.45. The van der Waals surface area contributed by atoms with Crippen molar-refractivity contribution < 1.29 is 108 Å². The second-order valence-electron chi connectivity index (χ2n) is 18.0. The monoisotopic (exact) mass is 1220 g/mol. The Bertz CT molecular complexity index is 3570. The minimum absolute atomic E-state index is 0.00154. The van der Waals surface area contributed by atoms with Crippen LogP contribution >= 0.6 is 31.3 Å². The van der Waals surface area contributed by atoms with E-state index < -0.39 is 136 Å². The molecule has 0 radical (unpaired) electrons. The molecule has 5 unspecified atom stereocenters. The Morgan fingerprint density at radius 3 is 2.05 bits per heavy atom. The van der Waals surface area contributed by atoms with Crippen LogP contribution in [0, 0.1) is 5.92 Å². The summed E-state index contributed by atoms with van der Waals surface area (Å²) in [6.07, 6.45) is -12.3. The number of ether oxygens (including phenoxy) is 5. The molecule has 39 nitrogen and oxygen atoms in total. The van der Waals surface area contributed by atoms with Gasteiger partial charge < -0.3 is 84.8 Å². The lowest BCUT2D eigenvalue weighted by atomic mass is 9.95. The number of phosphoric acid groups is 4. The van der Waals surface area contributed by atoms with E-state index in [1.165, 1.54) is 27.1 Å². The first kappa shape index (κ1) is 59.5. The van der Waals surface area contributed by atoms with E-state index >= 15 is 0 Å². The third-order valence-corrected chi connectivity index (χ3v) is 17.9. The third-order valence-electron chi connectivity index (χ3n) is 12.7. The average Bonchev–Trinajstić information content (AvgIpc) is 4.29. The van der Waals surface area contributed by atoms with Crippen molar-refractivity contribution in [2.45, 2.75) is 87.3 Å². The first-order chi connectivity index (χ1) is 37.7. The number of aliphatic hydroxyl groups is 3. The van der Waals surface area contributed by atoms with Crippen LogP contribution in [0.1, 0.15) is 38.4 Å². The fourth-order valence-corrected chi connectivity index (χ4v) is 13.7. The molecule has 3 fully saturated rings. The highest BCUT2D eigenvalue weighted by atomic mass is 31.3. The van der Waals surface area contributed by atoms with Crippen LogP contribution in [0.2, 0.25) is 0 Å². The standard InChI is InChI=1S/C37H53N15O24P4/c1-4-6-67-7-5-15-16(71-33(22(15)53)52-14-49(2)21-30(52)46-37(40)48-32(21)57)8-69-78(60,61)75-80(64,65)76-79(62,63)70-10-18-25(26(66-3)35(73-18)50-12-43-19-27(38)41-11-42-28(19)50)74-77(58,59)68-9-17-23(54)24(55)34(72-17)51-13-44-20-29(51)45-36(39)47-31(20)56/h11-18,22-26,33-35,53-55H,4-10H2,1-3H3,(H11-,38,39,40,41,42,45,46,47,48,56,57,58,59,60,61,62,63,64,65)/t15-,16-,17-,18?,22-,23-,24-,25-,26-,33-,34-,35-/m1/s1. The van der Waals surface area contributed by atoms with E-state index in [9.17, 15) is 62.7 Å². The number of hydrogen-bond donors (Lipinski definition) is 11. The van der Waals surface area contributed by atoms with Gasteiger partial charge in [0, 0.05) is 26.2 Å². The van der Waals surface area contributed by atoms with Crippen molar-refractivity contribution in [3.05, 3.63) is 46.0 Å². The second-order valence-corrected chi connectivity index (χ2v) is 24.0. The topological polar surface area (TPSA) is 554 Å². The molecule has 9 heterocycles. The van der Waals surface area contributed by atoms with E-state index in [2.05, 4.69) is 48.5 Å². The lowest BCUT2D eigenvalue weighted by molar-refractivity contribution is -0.745. The fourth-order valence-electron chi connectivity index (χ4n) is 9.19. The highest BCUT2D eigenvalue weighted by Gasteiger charge is 2.53. The number of imidazole rings is 3. The number of hydrogen-bond acceptors (Lipinski definition) is 30. The zero-order valence-electron chi connectivity index (χ0n) is 41.7. The molecule has 0 spiro atoms. The number of aromatic nitrogens is 12. The maximum absolute atomic E-state index is 13.6. The second kappa shape index (κ2) is 23.2. The van der Waals surface area contributed by atoms with Crippen molar-refractivity contribution in [1.82, 2.24) is 53.6 Å². The number of aromatic amines is 2. The maximum Gasteiger partial charge on any atom is 0.490 e. The molecule has 3 saturated heterocycles. The molecule has 6 aromatic heterocycles. The molecule has 0 bridgehead atoms. The van der Waals surface area contributed by atoms with Crippen LogP contribution in [0.3, 0.4) is 0 Å². The number of aryl methyl sites for hydroxylation is 1. The van der Waals surface area contributed by atoms with Gasteiger partial charge in [0.2, 0.25) is 17.7 Å². The zero-order chi connectivity index (χ0) is 57.8. The number of rotatable bonds is 24. The van der Waals surface area contributed by atoms with Crippen LogP contribution in [-0.2, 0) is 75.7 Å². The van der Waals surface area contributed by atoms with Gasteiger partial charge in [-0.3, -0.25) is 46.9 Å². The smallest absolute Gasteiger partial charge is 0.490 e. The van der Waals surface area contributed by atoms with Crippen molar-refractivity contribution in [3.8, 4) is 0 Å². The van der Waals surface area contributed by atoms with Gasteiger partial charge in [0.1, 0.15) is 54.6 Å². The van der Waals surface area contributed by atoms with E-state index in [1.807, 2.05) is 6.92 Å². The van der Waals surface area contributed by atoms with Crippen LogP contribution in [0.25, 0.3) is 33.5 Å². The number of nitrogens with one attached hydrogen (secondary N) is 2. The van der Waals surface area contributed by atoms with E-state index in [4.69, 9.17) is 59.0 Å². The van der Waals surface area contributed by atoms with Gasteiger partial charge in [0.25, 0.3) is 24.9 Å². The Kier molecular flexibility index (Phi) is 17.3. The van der Waals surface area contributed by atoms with Gasteiger partial charge in [-0.1, -0.05) is 11.9 Å². The molecule has 0 amide bonds. The summed E-state index contributed by atoms with van der Waals surface area (Å²) >= 11 is 0. The number of nitrogens with two attached hydrogens (primary N) is 3. The third kappa shape index (κ3) is 12.4. The molecule has 0 aromatic carbocycles. The number of methoxy groups -OCH3 is 1. The molecule has 43 heteroatoms. The Morgan fingerprint density at radius 2 is 1.36 bits per heavy atom. The predicted octanol–water partition coefficient (Wildman–Crippen LogP) is -3.27. The van der Waals surface area contributed by atoms with E-state index in [0.717, 1.165) is 30.7 Å². The number of nitrogens with zero attached hydrogens (tertiary/aromatic N) is 10. The summed E-state index contributed by atoms with van der Waals surface area (Å²) in [6, 6.07) is 0. The number of fused-ring (bicyclic) bond motifs is 3. The average molecular weight is 1220 g/mol. The number of phosphoric ester groups is 3. The number of H-pyrrole nitrogens is 2. The molecular weight excluding hydrogens is 1160 g/mol. The van der Waals surface area contributed by atoms with Gasteiger partial charge in [-0.15, -0.1) is 0 Å². The van der Waals surface area contributed by atoms with Gasteiger partial charge in [0.05, 0.1) is 45.6 Å². The molecule has 3 aliphatic heterocycles. The maximum atomic E-state index is 13.6. The summed E-state index contributed by atoms with van der Waals surface area (Å²) in [6.45, 7) is -0.986. The van der Waals surface area contributed by atoms with Gasteiger partial charge in [0.15, 0.2) is 41.4 Å². The minimum atomic E-state index is -6.20. The Balaban J connectivity index is 0.872. The molecule has 0 aliphatic carbocycles. The summed E-state index contributed by atoms with van der Waals surface area (Å²) in [5, 5.41) is 33.3.